The van der Waals surface area contributed by atoms with Crippen molar-refractivity contribution in [2.75, 3.05) is 0 Å². The minimum atomic E-state index is -1.13. The van der Waals surface area contributed by atoms with Crippen LogP contribution < -0.4 is 0 Å². The first-order valence-electron chi connectivity index (χ1n) is 4.61. The number of rotatable bonds is 2. The molecule has 82 valence electrons. The molecule has 0 amide bonds. The topological polar surface area (TPSA) is 64.3 Å². The van der Waals surface area contributed by atoms with Crippen LogP contribution in [0.4, 0.5) is 0 Å². The van der Waals surface area contributed by atoms with Crippen molar-refractivity contribution in [3.8, 4) is 0 Å². The lowest BCUT2D eigenvalue weighted by molar-refractivity contribution is -0.133. The molecule has 0 saturated carbocycles. The fraction of sp³-hybridized carbons (Fsp3) is 0.182. The number of Topliss-reactive ketones (excluding diaryl/α,β-unsaturated/α-hetero) is 2. The SMILES string of the molecule is CC(=O)C1C(=O)SC(=Cc2ccco2)C1=O. The van der Waals surface area contributed by atoms with Gasteiger partial charge in [0.05, 0.1) is 11.2 Å². The number of allylic oxidation sites excluding steroid dienone is 1. The van der Waals surface area contributed by atoms with Crippen LogP contribution in [0.15, 0.2) is 27.7 Å². The van der Waals surface area contributed by atoms with Crippen molar-refractivity contribution < 1.29 is 18.8 Å². The predicted octanol–water partition coefficient (Wildman–Crippen LogP) is 1.67. The van der Waals surface area contributed by atoms with Gasteiger partial charge in [0, 0.05) is 0 Å². The predicted molar refractivity (Wildman–Crippen MR) is 58.5 cm³/mol. The molecule has 0 N–H and O–H groups in total. The third-order valence-electron chi connectivity index (χ3n) is 2.17. The molecule has 0 aliphatic carbocycles. The molecule has 1 aliphatic rings. The third-order valence-corrected chi connectivity index (χ3v) is 3.15. The number of ketones is 2. The molecule has 0 bridgehead atoms. The minimum absolute atomic E-state index is 0.264. The highest BCUT2D eigenvalue weighted by molar-refractivity contribution is 8.18. The van der Waals surface area contributed by atoms with Crippen molar-refractivity contribution in [2.24, 2.45) is 5.92 Å². The molecule has 1 aliphatic heterocycles. The van der Waals surface area contributed by atoms with Crippen LogP contribution in [0.1, 0.15) is 12.7 Å². The second-order valence-corrected chi connectivity index (χ2v) is 4.40. The zero-order valence-corrected chi connectivity index (χ0v) is 9.24. The first kappa shape index (κ1) is 10.9. The molecule has 0 aromatic carbocycles. The quantitative estimate of drug-likeness (QED) is 0.577. The molecule has 0 radical (unpaired) electrons. The van der Waals surface area contributed by atoms with E-state index in [2.05, 4.69) is 0 Å². The highest BCUT2D eigenvalue weighted by Gasteiger charge is 2.41. The van der Waals surface area contributed by atoms with E-state index in [1.165, 1.54) is 19.3 Å². The van der Waals surface area contributed by atoms with Gasteiger partial charge in [-0.1, -0.05) is 0 Å². The Balaban J connectivity index is 2.31. The van der Waals surface area contributed by atoms with Crippen LogP contribution in [0.25, 0.3) is 6.08 Å². The second-order valence-electron chi connectivity index (χ2n) is 3.35. The van der Waals surface area contributed by atoms with Crippen molar-refractivity contribution in [3.05, 3.63) is 29.1 Å². The van der Waals surface area contributed by atoms with Crippen LogP contribution in [-0.4, -0.2) is 16.7 Å². The summed E-state index contributed by atoms with van der Waals surface area (Å²) in [6.07, 6.45) is 2.95. The molecule has 1 unspecified atom stereocenters. The van der Waals surface area contributed by atoms with Gasteiger partial charge in [-0.15, -0.1) is 0 Å². The summed E-state index contributed by atoms with van der Waals surface area (Å²) in [6.45, 7) is 1.25. The van der Waals surface area contributed by atoms with Crippen molar-refractivity contribution >= 4 is 34.5 Å². The molecule has 1 saturated heterocycles. The zero-order chi connectivity index (χ0) is 11.7. The van der Waals surface area contributed by atoms with Crippen LogP contribution in [0.3, 0.4) is 0 Å². The van der Waals surface area contributed by atoms with Crippen LogP contribution in [-0.2, 0) is 14.4 Å². The normalized spacial score (nSPS) is 23.1. The maximum atomic E-state index is 11.7. The molecular weight excluding hydrogens is 228 g/mol. The Morgan fingerprint density at radius 1 is 1.50 bits per heavy atom. The molecule has 1 aromatic heterocycles. The molecule has 2 rings (SSSR count). The van der Waals surface area contributed by atoms with E-state index < -0.39 is 22.6 Å². The lowest BCUT2D eigenvalue weighted by Gasteiger charge is -1.96. The van der Waals surface area contributed by atoms with Gasteiger partial charge in [0.25, 0.3) is 0 Å². The maximum absolute atomic E-state index is 11.7. The van der Waals surface area contributed by atoms with Gasteiger partial charge < -0.3 is 4.42 Å². The van der Waals surface area contributed by atoms with Gasteiger partial charge in [0.15, 0.2) is 11.7 Å². The van der Waals surface area contributed by atoms with Crippen LogP contribution >= 0.6 is 11.8 Å². The van der Waals surface area contributed by atoms with E-state index in [1.807, 2.05) is 0 Å². The zero-order valence-electron chi connectivity index (χ0n) is 8.43. The van der Waals surface area contributed by atoms with Gasteiger partial charge >= 0.3 is 0 Å². The van der Waals surface area contributed by atoms with E-state index in [1.54, 1.807) is 12.1 Å². The summed E-state index contributed by atoms with van der Waals surface area (Å²) in [6, 6.07) is 3.35. The summed E-state index contributed by atoms with van der Waals surface area (Å²) < 4.78 is 5.04. The Morgan fingerprint density at radius 3 is 2.75 bits per heavy atom. The first-order valence-corrected chi connectivity index (χ1v) is 5.43. The summed E-state index contributed by atoms with van der Waals surface area (Å²) in [7, 11) is 0. The van der Waals surface area contributed by atoms with Gasteiger partial charge in [0.1, 0.15) is 11.5 Å². The van der Waals surface area contributed by atoms with E-state index in [4.69, 9.17) is 4.42 Å². The Labute approximate surface area is 95.7 Å². The van der Waals surface area contributed by atoms with E-state index in [0.29, 0.717) is 5.76 Å². The molecule has 1 atom stereocenters. The fourth-order valence-corrected chi connectivity index (χ4v) is 2.42. The number of hydrogen-bond donors (Lipinski definition) is 0. The smallest absolute Gasteiger partial charge is 0.212 e. The summed E-state index contributed by atoms with van der Waals surface area (Å²) in [5.74, 6) is -1.48. The van der Waals surface area contributed by atoms with Crippen molar-refractivity contribution in [2.45, 2.75) is 6.92 Å². The molecular formula is C11H8O4S. The van der Waals surface area contributed by atoms with Gasteiger partial charge in [0.2, 0.25) is 5.12 Å². The molecule has 4 nitrogen and oxygen atoms in total. The Bertz CT molecular complexity index is 484. The van der Waals surface area contributed by atoms with Crippen LogP contribution in [0, 0.1) is 5.92 Å². The molecule has 5 heteroatoms. The minimum Gasteiger partial charge on any atom is -0.465 e. The number of hydrogen-bond acceptors (Lipinski definition) is 5. The Kier molecular flexibility index (Phi) is 2.78. The summed E-state index contributed by atoms with van der Waals surface area (Å²) in [5, 5.41) is -0.407. The lowest BCUT2D eigenvalue weighted by Crippen LogP contribution is -2.22. The van der Waals surface area contributed by atoms with Gasteiger partial charge in [-0.2, -0.15) is 0 Å². The lowest BCUT2D eigenvalue weighted by atomic mass is 10.0. The molecule has 1 fully saturated rings. The van der Waals surface area contributed by atoms with Crippen molar-refractivity contribution in [1.82, 2.24) is 0 Å². The number of thioether (sulfide) groups is 1. The van der Waals surface area contributed by atoms with Crippen molar-refractivity contribution in [3.63, 3.8) is 0 Å². The van der Waals surface area contributed by atoms with Gasteiger partial charge in [-0.25, -0.2) is 0 Å². The maximum Gasteiger partial charge on any atom is 0.212 e. The summed E-state index contributed by atoms with van der Waals surface area (Å²) in [5.41, 5.74) is 0. The van der Waals surface area contributed by atoms with E-state index in [0.717, 1.165) is 11.8 Å². The van der Waals surface area contributed by atoms with Crippen LogP contribution in [0.5, 0.6) is 0 Å². The monoisotopic (exact) mass is 236 g/mol. The number of carbonyl (C=O) groups excluding carboxylic acids is 3. The summed E-state index contributed by atoms with van der Waals surface area (Å²) in [4.78, 5) is 34.5. The second kappa shape index (κ2) is 4.09. The number of furan rings is 1. The summed E-state index contributed by atoms with van der Waals surface area (Å²) >= 11 is 0.800. The first-order chi connectivity index (χ1) is 7.59. The third kappa shape index (κ3) is 1.86. The van der Waals surface area contributed by atoms with E-state index in [9.17, 15) is 14.4 Å². The standard InChI is InChI=1S/C11H8O4S/c1-6(12)9-10(13)8(16-11(9)14)5-7-3-2-4-15-7/h2-5,9H,1H3. The van der Waals surface area contributed by atoms with Crippen LogP contribution in [0.2, 0.25) is 0 Å². The average molecular weight is 236 g/mol. The number of carbonyl (C=O) groups is 3. The molecule has 16 heavy (non-hydrogen) atoms. The average Bonchev–Trinajstić information content (AvgIpc) is 2.76. The fourth-order valence-electron chi connectivity index (χ4n) is 1.42. The highest BCUT2D eigenvalue weighted by Crippen LogP contribution is 2.35. The Hall–Kier alpha value is -1.62. The van der Waals surface area contributed by atoms with E-state index >= 15 is 0 Å². The largest absolute Gasteiger partial charge is 0.465 e. The van der Waals surface area contributed by atoms with Gasteiger partial charge in [-0.3, -0.25) is 14.4 Å². The van der Waals surface area contributed by atoms with Crippen molar-refractivity contribution in [1.29, 1.82) is 0 Å². The molecule has 2 heterocycles. The van der Waals surface area contributed by atoms with Gasteiger partial charge in [-0.05, 0) is 36.9 Å². The molecule has 1 aromatic rings. The molecule has 0 spiro atoms. The van der Waals surface area contributed by atoms with E-state index in [-0.39, 0.29) is 4.91 Å². The highest BCUT2D eigenvalue weighted by atomic mass is 32.2. The Morgan fingerprint density at radius 2 is 2.25 bits per heavy atom.